The first kappa shape index (κ1) is 21.7. The van der Waals surface area contributed by atoms with E-state index in [1.54, 1.807) is 0 Å². The van der Waals surface area contributed by atoms with Crippen LogP contribution in [-0.4, -0.2) is 43.1 Å². The van der Waals surface area contributed by atoms with E-state index in [2.05, 4.69) is 20.2 Å². The van der Waals surface area contributed by atoms with Gasteiger partial charge < -0.3 is 10.2 Å². The molecular formula is C20H19F3N4O2S2. The monoisotopic (exact) mass is 468 g/mol. The zero-order chi connectivity index (χ0) is 22.4. The molecule has 11 heteroatoms. The van der Waals surface area contributed by atoms with Gasteiger partial charge in [-0.1, -0.05) is 6.07 Å². The first-order valence-electron chi connectivity index (χ1n) is 9.31. The average molecular weight is 469 g/mol. The third-order valence-corrected chi connectivity index (χ3v) is 7.17. The van der Waals surface area contributed by atoms with E-state index in [0.29, 0.717) is 5.69 Å². The van der Waals surface area contributed by atoms with Crippen LogP contribution in [0.4, 0.5) is 24.8 Å². The molecule has 0 saturated carbocycles. The molecule has 0 amide bonds. The van der Waals surface area contributed by atoms with Crippen LogP contribution >= 0.6 is 11.3 Å². The Kier molecular flexibility index (Phi) is 5.52. The molecule has 1 N–H and O–H groups in total. The summed E-state index contributed by atoms with van der Waals surface area (Å²) in [6, 6.07) is 6.99. The highest BCUT2D eigenvalue weighted by atomic mass is 32.2. The number of fused-ring (bicyclic) bond motifs is 1. The van der Waals surface area contributed by atoms with E-state index in [1.807, 2.05) is 25.2 Å². The number of thiophene rings is 1. The van der Waals surface area contributed by atoms with Crippen LogP contribution in [0, 0.1) is 0 Å². The van der Waals surface area contributed by atoms with E-state index in [9.17, 15) is 21.6 Å². The summed E-state index contributed by atoms with van der Waals surface area (Å²) in [5.41, 5.74) is 1.67. The first-order valence-corrected chi connectivity index (χ1v) is 12.1. The lowest BCUT2D eigenvalue weighted by molar-refractivity contribution is -0.137. The zero-order valence-corrected chi connectivity index (χ0v) is 18.3. The van der Waals surface area contributed by atoms with E-state index in [4.69, 9.17) is 0 Å². The van der Waals surface area contributed by atoms with E-state index in [-0.39, 0.29) is 21.4 Å². The fourth-order valence-corrected chi connectivity index (χ4v) is 5.40. The molecule has 1 aromatic carbocycles. The molecule has 164 valence electrons. The molecule has 2 aromatic heterocycles. The lowest BCUT2D eigenvalue weighted by atomic mass is 9.99. The Morgan fingerprint density at radius 3 is 2.65 bits per heavy atom. The SMILES string of the molecule is CN1CCc2ccc(Nc3ncc(C(F)(F)F)c(-c4cc(S(C)(=O)=O)cs4)n3)cc2C1. The van der Waals surface area contributed by atoms with E-state index in [0.717, 1.165) is 48.9 Å². The maximum Gasteiger partial charge on any atom is 0.420 e. The Morgan fingerprint density at radius 2 is 1.97 bits per heavy atom. The van der Waals surface area contributed by atoms with Crippen molar-refractivity contribution in [2.45, 2.75) is 24.0 Å². The number of benzene rings is 1. The Hall–Kier alpha value is -2.50. The predicted octanol–water partition coefficient (Wildman–Crippen LogP) is 4.36. The quantitative estimate of drug-likeness (QED) is 0.613. The Labute approximate surface area is 181 Å². The number of sulfone groups is 1. The van der Waals surface area contributed by atoms with Crippen molar-refractivity contribution in [1.82, 2.24) is 14.9 Å². The van der Waals surface area contributed by atoms with Gasteiger partial charge in [0.25, 0.3) is 0 Å². The number of nitrogens with one attached hydrogen (secondary N) is 1. The minimum atomic E-state index is -4.68. The van der Waals surface area contributed by atoms with Crippen molar-refractivity contribution in [2.75, 3.05) is 25.2 Å². The van der Waals surface area contributed by atoms with Crippen molar-refractivity contribution in [3.05, 3.63) is 52.5 Å². The highest BCUT2D eigenvalue weighted by molar-refractivity contribution is 7.90. The molecule has 0 fully saturated rings. The fraction of sp³-hybridized carbons (Fsp3) is 0.300. The molecule has 0 aliphatic carbocycles. The molecule has 0 unspecified atom stereocenters. The number of aromatic nitrogens is 2. The van der Waals surface area contributed by atoms with Crippen LogP contribution in [0.25, 0.3) is 10.6 Å². The number of hydrogen-bond acceptors (Lipinski definition) is 7. The molecule has 0 saturated heterocycles. The molecular weight excluding hydrogens is 449 g/mol. The topological polar surface area (TPSA) is 75.2 Å². The largest absolute Gasteiger partial charge is 0.420 e. The molecule has 0 radical (unpaired) electrons. The maximum atomic E-state index is 13.5. The summed E-state index contributed by atoms with van der Waals surface area (Å²) >= 11 is 0.891. The Morgan fingerprint density at radius 1 is 1.19 bits per heavy atom. The van der Waals surface area contributed by atoms with E-state index >= 15 is 0 Å². The minimum absolute atomic E-state index is 0.00131. The molecule has 6 nitrogen and oxygen atoms in total. The van der Waals surface area contributed by atoms with Gasteiger partial charge >= 0.3 is 6.18 Å². The normalized spacial score (nSPS) is 15.0. The zero-order valence-electron chi connectivity index (χ0n) is 16.7. The van der Waals surface area contributed by atoms with Gasteiger partial charge in [-0.3, -0.25) is 0 Å². The Bertz CT molecular complexity index is 1240. The average Bonchev–Trinajstić information content (AvgIpc) is 3.17. The number of anilines is 2. The van der Waals surface area contributed by atoms with Crippen molar-refractivity contribution in [2.24, 2.45) is 0 Å². The first-order chi connectivity index (χ1) is 14.5. The van der Waals surface area contributed by atoms with Gasteiger partial charge in [-0.2, -0.15) is 13.2 Å². The molecule has 3 heterocycles. The maximum absolute atomic E-state index is 13.5. The fourth-order valence-electron chi connectivity index (χ4n) is 3.38. The van der Waals surface area contributed by atoms with Gasteiger partial charge in [0.05, 0.1) is 15.5 Å². The molecule has 4 rings (SSSR count). The standard InChI is InChI=1S/C20H19F3N4O2S2/c1-27-6-5-12-3-4-14(7-13(12)10-27)25-19-24-9-16(20(21,22)23)18(26-19)17-8-15(11-30-17)31(2,28)29/h3-4,7-9,11H,5-6,10H2,1-2H3,(H,24,25,26). The van der Waals surface area contributed by atoms with Gasteiger partial charge in [0.2, 0.25) is 5.95 Å². The van der Waals surface area contributed by atoms with E-state index < -0.39 is 21.6 Å². The number of halogens is 3. The van der Waals surface area contributed by atoms with Crippen molar-refractivity contribution in [3.8, 4) is 10.6 Å². The van der Waals surface area contributed by atoms with Crippen molar-refractivity contribution in [1.29, 1.82) is 0 Å². The number of nitrogens with zero attached hydrogens (tertiary/aromatic N) is 3. The summed E-state index contributed by atoms with van der Waals surface area (Å²) in [6.45, 7) is 1.76. The van der Waals surface area contributed by atoms with Gasteiger partial charge in [-0.25, -0.2) is 18.4 Å². The van der Waals surface area contributed by atoms with Crippen LogP contribution in [-0.2, 0) is 29.0 Å². The second kappa shape index (κ2) is 7.88. The highest BCUT2D eigenvalue weighted by Crippen LogP contribution is 2.39. The van der Waals surface area contributed by atoms with Gasteiger partial charge in [0.15, 0.2) is 9.84 Å². The van der Waals surface area contributed by atoms with Crippen molar-refractivity contribution < 1.29 is 21.6 Å². The number of likely N-dealkylation sites (N-methyl/N-ethyl adjacent to an activating group) is 1. The highest BCUT2D eigenvalue weighted by Gasteiger charge is 2.36. The predicted molar refractivity (Wildman–Crippen MR) is 113 cm³/mol. The lowest BCUT2D eigenvalue weighted by Crippen LogP contribution is -2.26. The van der Waals surface area contributed by atoms with Crippen LogP contribution in [0.2, 0.25) is 0 Å². The minimum Gasteiger partial charge on any atom is -0.324 e. The molecule has 31 heavy (non-hydrogen) atoms. The van der Waals surface area contributed by atoms with Crippen LogP contribution in [0.3, 0.4) is 0 Å². The molecule has 1 aliphatic rings. The molecule has 0 spiro atoms. The smallest absolute Gasteiger partial charge is 0.324 e. The summed E-state index contributed by atoms with van der Waals surface area (Å²) < 4.78 is 64.1. The van der Waals surface area contributed by atoms with Crippen LogP contribution in [0.1, 0.15) is 16.7 Å². The molecule has 1 aliphatic heterocycles. The van der Waals surface area contributed by atoms with Gasteiger partial charge in [-0.05, 0) is 42.8 Å². The van der Waals surface area contributed by atoms with Crippen LogP contribution in [0.5, 0.6) is 0 Å². The summed E-state index contributed by atoms with van der Waals surface area (Å²) in [5, 5.41) is 4.28. The third kappa shape index (κ3) is 4.73. The summed E-state index contributed by atoms with van der Waals surface area (Å²) in [4.78, 5) is 10.2. The lowest BCUT2D eigenvalue weighted by Gasteiger charge is -2.25. The number of rotatable bonds is 4. The number of alkyl halides is 3. The molecule has 3 aromatic rings. The summed E-state index contributed by atoms with van der Waals surface area (Å²) in [7, 11) is -1.52. The van der Waals surface area contributed by atoms with Gasteiger partial charge in [0.1, 0.15) is 5.56 Å². The van der Waals surface area contributed by atoms with E-state index in [1.165, 1.54) is 17.0 Å². The van der Waals surface area contributed by atoms with Gasteiger partial charge in [-0.15, -0.1) is 11.3 Å². The number of hydrogen-bond donors (Lipinski definition) is 1. The van der Waals surface area contributed by atoms with Crippen LogP contribution < -0.4 is 5.32 Å². The van der Waals surface area contributed by atoms with Crippen molar-refractivity contribution in [3.63, 3.8) is 0 Å². The summed E-state index contributed by atoms with van der Waals surface area (Å²) in [6.07, 6.45) is -2.02. The second-order valence-corrected chi connectivity index (χ2v) is 10.4. The third-order valence-electron chi connectivity index (χ3n) is 5.00. The van der Waals surface area contributed by atoms with Gasteiger partial charge in [0, 0.05) is 36.6 Å². The molecule has 0 bridgehead atoms. The second-order valence-electron chi connectivity index (χ2n) is 7.47. The van der Waals surface area contributed by atoms with Crippen LogP contribution in [0.15, 0.2) is 40.7 Å². The molecule has 0 atom stereocenters. The summed E-state index contributed by atoms with van der Waals surface area (Å²) in [5.74, 6) is 0.00131. The van der Waals surface area contributed by atoms with Crippen molar-refractivity contribution >= 4 is 32.8 Å². The Balaban J connectivity index is 1.71.